The van der Waals surface area contributed by atoms with Crippen LogP contribution in [0.1, 0.15) is 21.7 Å². The zero-order valence-corrected chi connectivity index (χ0v) is 9.92. The van der Waals surface area contributed by atoms with E-state index < -0.39 is 0 Å². The van der Waals surface area contributed by atoms with E-state index in [1.54, 1.807) is 11.3 Å². The number of thiocarbonyl (C=S) groups is 1. The van der Waals surface area contributed by atoms with E-state index in [2.05, 4.69) is 15.8 Å². The van der Waals surface area contributed by atoms with E-state index in [1.165, 1.54) is 4.88 Å². The molecule has 4 nitrogen and oxygen atoms in total. The van der Waals surface area contributed by atoms with Gasteiger partial charge in [0.05, 0.1) is 15.6 Å². The van der Waals surface area contributed by atoms with Crippen LogP contribution in [-0.4, -0.2) is 22.0 Å². The molecule has 1 atom stereocenters. The predicted octanol–water partition coefficient (Wildman–Crippen LogP) is 1.08. The number of hydrazine groups is 1. The lowest BCUT2D eigenvalue weighted by Crippen LogP contribution is -2.26. The Bertz CT molecular complexity index is 373. The van der Waals surface area contributed by atoms with E-state index in [0.717, 1.165) is 15.8 Å². The summed E-state index contributed by atoms with van der Waals surface area (Å²) in [5, 5.41) is 1.81. The lowest BCUT2D eigenvalue weighted by atomic mass is 10.3. The van der Waals surface area contributed by atoms with Crippen molar-refractivity contribution in [3.8, 4) is 0 Å². The molecule has 1 aliphatic heterocycles. The number of hydrogen-bond donors (Lipinski definition) is 2. The van der Waals surface area contributed by atoms with Crippen LogP contribution in [0.4, 0.5) is 0 Å². The topological polar surface area (TPSA) is 40.2 Å². The Hall–Kier alpha value is -0.720. The van der Waals surface area contributed by atoms with E-state index in [9.17, 15) is 0 Å². The molecule has 0 amide bonds. The van der Waals surface area contributed by atoms with Crippen LogP contribution in [0.2, 0.25) is 0 Å². The monoisotopic (exact) mass is 228 g/mol. The van der Waals surface area contributed by atoms with Gasteiger partial charge in [-0.3, -0.25) is 5.43 Å². The van der Waals surface area contributed by atoms with Gasteiger partial charge in [-0.05, 0) is 26.1 Å². The Balaban J connectivity index is 2.32. The van der Waals surface area contributed by atoms with Gasteiger partial charge in [-0.2, -0.15) is 0 Å². The molecule has 1 aliphatic rings. The summed E-state index contributed by atoms with van der Waals surface area (Å²) in [6.07, 6.45) is 0.119. The molecule has 2 rings (SSSR count). The molecule has 1 aromatic heterocycles. The molecule has 1 saturated heterocycles. The molecule has 1 aromatic rings. The number of thiazole rings is 1. The van der Waals surface area contributed by atoms with Gasteiger partial charge in [0.25, 0.3) is 0 Å². The van der Waals surface area contributed by atoms with Gasteiger partial charge in [0.2, 0.25) is 0 Å². The summed E-state index contributed by atoms with van der Waals surface area (Å²) in [7, 11) is 1.97. The third kappa shape index (κ3) is 1.49. The summed E-state index contributed by atoms with van der Waals surface area (Å²) in [4.78, 5) is 7.61. The molecule has 2 heterocycles. The molecule has 0 saturated carbocycles. The Kier molecular flexibility index (Phi) is 2.42. The molecule has 0 spiro atoms. The molecule has 0 bridgehead atoms. The van der Waals surface area contributed by atoms with Gasteiger partial charge < -0.3 is 4.90 Å². The number of aromatic nitrogens is 1. The Morgan fingerprint density at radius 2 is 2.21 bits per heavy atom. The number of aryl methyl sites for hydroxylation is 2. The number of nitrogens with one attached hydrogen (secondary N) is 2. The largest absolute Gasteiger partial charge is 0.329 e. The first-order chi connectivity index (χ1) is 6.59. The number of nitrogens with zero attached hydrogens (tertiary/aromatic N) is 2. The van der Waals surface area contributed by atoms with Gasteiger partial charge in [-0.1, -0.05) is 0 Å². The zero-order chi connectivity index (χ0) is 10.3. The first kappa shape index (κ1) is 9.82. The second-order valence-electron chi connectivity index (χ2n) is 3.27. The minimum atomic E-state index is 0.119. The maximum atomic E-state index is 5.11. The molecule has 0 radical (unpaired) electrons. The second-order valence-corrected chi connectivity index (χ2v) is 4.89. The summed E-state index contributed by atoms with van der Waals surface area (Å²) >= 11 is 6.81. The zero-order valence-electron chi connectivity index (χ0n) is 8.29. The molecule has 0 aromatic carbocycles. The molecule has 1 unspecified atom stereocenters. The average molecular weight is 228 g/mol. The summed E-state index contributed by atoms with van der Waals surface area (Å²) in [5.41, 5.74) is 7.14. The van der Waals surface area contributed by atoms with Crippen LogP contribution in [0.25, 0.3) is 0 Å². The van der Waals surface area contributed by atoms with Crippen LogP contribution < -0.4 is 10.9 Å². The third-order valence-corrected chi connectivity index (χ3v) is 3.73. The maximum absolute atomic E-state index is 5.11. The van der Waals surface area contributed by atoms with Crippen molar-refractivity contribution in [2.24, 2.45) is 0 Å². The van der Waals surface area contributed by atoms with Crippen molar-refractivity contribution < 1.29 is 0 Å². The SMILES string of the molecule is Cc1nc(C)c(C2NNC(=S)N2C)s1. The molecular formula is C8H12N4S2. The average Bonchev–Trinajstić information content (AvgIpc) is 2.59. The van der Waals surface area contributed by atoms with Gasteiger partial charge in [0.15, 0.2) is 5.11 Å². The second kappa shape index (κ2) is 3.45. The van der Waals surface area contributed by atoms with Crippen molar-refractivity contribution in [3.63, 3.8) is 0 Å². The highest BCUT2D eigenvalue weighted by Crippen LogP contribution is 2.28. The molecule has 1 fully saturated rings. The van der Waals surface area contributed by atoms with Gasteiger partial charge >= 0.3 is 0 Å². The van der Waals surface area contributed by atoms with E-state index in [1.807, 2.05) is 25.8 Å². The molecule has 0 aliphatic carbocycles. The van der Waals surface area contributed by atoms with E-state index in [-0.39, 0.29) is 6.17 Å². The van der Waals surface area contributed by atoms with Crippen LogP contribution in [-0.2, 0) is 0 Å². The molecule has 14 heavy (non-hydrogen) atoms. The van der Waals surface area contributed by atoms with E-state index >= 15 is 0 Å². The van der Waals surface area contributed by atoms with Crippen LogP contribution in [0.15, 0.2) is 0 Å². The highest BCUT2D eigenvalue weighted by molar-refractivity contribution is 7.80. The van der Waals surface area contributed by atoms with Gasteiger partial charge in [0.1, 0.15) is 6.17 Å². The van der Waals surface area contributed by atoms with Gasteiger partial charge in [0, 0.05) is 7.05 Å². The van der Waals surface area contributed by atoms with Crippen LogP contribution >= 0.6 is 23.6 Å². The number of rotatable bonds is 1. The Morgan fingerprint density at radius 3 is 2.64 bits per heavy atom. The van der Waals surface area contributed by atoms with E-state index in [4.69, 9.17) is 12.2 Å². The first-order valence-electron chi connectivity index (χ1n) is 4.32. The third-order valence-electron chi connectivity index (χ3n) is 2.21. The quantitative estimate of drug-likeness (QED) is 0.704. The highest BCUT2D eigenvalue weighted by atomic mass is 32.1. The molecule has 76 valence electrons. The van der Waals surface area contributed by atoms with E-state index in [0.29, 0.717) is 0 Å². The molecular weight excluding hydrogens is 216 g/mol. The Labute approximate surface area is 92.3 Å². The lowest BCUT2D eigenvalue weighted by Gasteiger charge is -2.17. The fourth-order valence-electron chi connectivity index (χ4n) is 1.47. The fraction of sp³-hybridized carbons (Fsp3) is 0.500. The molecule has 6 heteroatoms. The van der Waals surface area contributed by atoms with Crippen LogP contribution in [0.3, 0.4) is 0 Å². The smallest absolute Gasteiger partial charge is 0.184 e. The van der Waals surface area contributed by atoms with Crippen molar-refractivity contribution in [2.45, 2.75) is 20.0 Å². The van der Waals surface area contributed by atoms with Crippen LogP contribution in [0, 0.1) is 13.8 Å². The fourth-order valence-corrected chi connectivity index (χ4v) is 2.66. The van der Waals surface area contributed by atoms with Crippen molar-refractivity contribution in [1.29, 1.82) is 0 Å². The first-order valence-corrected chi connectivity index (χ1v) is 5.54. The van der Waals surface area contributed by atoms with Gasteiger partial charge in [-0.15, -0.1) is 11.3 Å². The summed E-state index contributed by atoms with van der Waals surface area (Å²) in [6.45, 7) is 4.04. The highest BCUT2D eigenvalue weighted by Gasteiger charge is 2.28. The predicted molar refractivity (Wildman–Crippen MR) is 61.0 cm³/mol. The van der Waals surface area contributed by atoms with Crippen LogP contribution in [0.5, 0.6) is 0 Å². The Morgan fingerprint density at radius 1 is 1.50 bits per heavy atom. The minimum Gasteiger partial charge on any atom is -0.329 e. The molecule has 2 N–H and O–H groups in total. The maximum Gasteiger partial charge on any atom is 0.184 e. The normalized spacial score (nSPS) is 21.5. The summed E-state index contributed by atoms with van der Waals surface area (Å²) in [6, 6.07) is 0. The van der Waals surface area contributed by atoms with Crippen molar-refractivity contribution in [1.82, 2.24) is 20.7 Å². The standard InChI is InChI=1S/C8H12N4S2/c1-4-6(14-5(2)9-4)7-10-11-8(13)12(7)3/h7,10H,1-3H3,(H,11,13). The summed E-state index contributed by atoms with van der Waals surface area (Å²) in [5.74, 6) is 0. The number of hydrogen-bond acceptors (Lipinski definition) is 4. The summed E-state index contributed by atoms with van der Waals surface area (Å²) < 4.78 is 0. The van der Waals surface area contributed by atoms with Crippen molar-refractivity contribution in [3.05, 3.63) is 15.6 Å². The van der Waals surface area contributed by atoms with Crippen molar-refractivity contribution in [2.75, 3.05) is 7.05 Å². The lowest BCUT2D eigenvalue weighted by molar-refractivity contribution is 0.371. The minimum absolute atomic E-state index is 0.119. The van der Waals surface area contributed by atoms with Gasteiger partial charge in [-0.25, -0.2) is 10.4 Å². The van der Waals surface area contributed by atoms with Crippen molar-refractivity contribution >= 4 is 28.7 Å².